The molecule has 1 aromatic rings. The van der Waals surface area contributed by atoms with E-state index in [2.05, 4.69) is 10.4 Å². The van der Waals surface area contributed by atoms with Gasteiger partial charge in [-0.25, -0.2) is 0 Å². The number of carboxylic acid groups (broad SMARTS) is 1. The van der Waals surface area contributed by atoms with Crippen LogP contribution in [0.15, 0.2) is 18.5 Å². The molecule has 0 fully saturated rings. The van der Waals surface area contributed by atoms with Crippen LogP contribution in [0.3, 0.4) is 0 Å². The Bertz CT molecular complexity index is 362. The van der Waals surface area contributed by atoms with Crippen LogP contribution in [0.1, 0.15) is 19.8 Å². The van der Waals surface area contributed by atoms with E-state index in [1.165, 1.54) is 0 Å². The van der Waals surface area contributed by atoms with E-state index in [0.717, 1.165) is 0 Å². The zero-order valence-electron chi connectivity index (χ0n) is 9.80. The van der Waals surface area contributed by atoms with Gasteiger partial charge in [0.25, 0.3) is 0 Å². The number of hydrogen-bond acceptors (Lipinski definition) is 3. The van der Waals surface area contributed by atoms with Crippen molar-refractivity contribution in [2.75, 3.05) is 6.54 Å². The lowest BCUT2D eigenvalue weighted by molar-refractivity contribution is -0.138. The largest absolute Gasteiger partial charge is 0.481 e. The molecule has 0 spiro atoms. The molecule has 0 saturated heterocycles. The standard InChI is InChI=1S/C11H17N3O3/c1-9(8-11(16)17)7-10(15)12-4-6-14-5-2-3-13-14/h2-3,5,9H,4,6-8H2,1H3,(H,12,15)(H,16,17). The summed E-state index contributed by atoms with van der Waals surface area (Å²) < 4.78 is 1.72. The summed E-state index contributed by atoms with van der Waals surface area (Å²) in [7, 11) is 0. The highest BCUT2D eigenvalue weighted by atomic mass is 16.4. The summed E-state index contributed by atoms with van der Waals surface area (Å²) in [5.41, 5.74) is 0. The van der Waals surface area contributed by atoms with Crippen LogP contribution in [0.25, 0.3) is 0 Å². The SMILES string of the molecule is CC(CC(=O)O)CC(=O)NCCn1cccn1. The lowest BCUT2D eigenvalue weighted by Crippen LogP contribution is -2.28. The van der Waals surface area contributed by atoms with Gasteiger partial charge in [0.2, 0.25) is 5.91 Å². The number of carbonyl (C=O) groups excluding carboxylic acids is 1. The highest BCUT2D eigenvalue weighted by molar-refractivity contribution is 5.77. The maximum Gasteiger partial charge on any atom is 0.303 e. The minimum absolute atomic E-state index is 0.0204. The van der Waals surface area contributed by atoms with Crippen molar-refractivity contribution in [2.24, 2.45) is 5.92 Å². The van der Waals surface area contributed by atoms with E-state index in [1.54, 1.807) is 17.8 Å². The van der Waals surface area contributed by atoms with Gasteiger partial charge in [-0.2, -0.15) is 5.10 Å². The first-order valence-electron chi connectivity index (χ1n) is 5.54. The molecular weight excluding hydrogens is 222 g/mol. The molecular formula is C11H17N3O3. The Balaban J connectivity index is 2.14. The monoisotopic (exact) mass is 239 g/mol. The van der Waals surface area contributed by atoms with Gasteiger partial charge in [-0.3, -0.25) is 14.3 Å². The molecule has 0 aliphatic rings. The van der Waals surface area contributed by atoms with Crippen molar-refractivity contribution in [3.8, 4) is 0 Å². The van der Waals surface area contributed by atoms with Crippen LogP contribution < -0.4 is 5.32 Å². The van der Waals surface area contributed by atoms with E-state index in [9.17, 15) is 9.59 Å². The minimum Gasteiger partial charge on any atom is -0.481 e. The maximum absolute atomic E-state index is 11.4. The van der Waals surface area contributed by atoms with Crippen molar-refractivity contribution >= 4 is 11.9 Å². The van der Waals surface area contributed by atoms with Gasteiger partial charge in [0.15, 0.2) is 0 Å². The maximum atomic E-state index is 11.4. The van der Waals surface area contributed by atoms with Gasteiger partial charge >= 0.3 is 5.97 Å². The summed E-state index contributed by atoms with van der Waals surface area (Å²) >= 11 is 0. The molecule has 1 heterocycles. The summed E-state index contributed by atoms with van der Waals surface area (Å²) in [4.78, 5) is 21.8. The van der Waals surface area contributed by atoms with E-state index in [1.807, 2.05) is 12.3 Å². The van der Waals surface area contributed by atoms with Gasteiger partial charge in [0.1, 0.15) is 0 Å². The number of nitrogens with one attached hydrogen (secondary N) is 1. The van der Waals surface area contributed by atoms with Crippen LogP contribution in [0.2, 0.25) is 0 Å². The molecule has 0 bridgehead atoms. The lowest BCUT2D eigenvalue weighted by Gasteiger charge is -2.09. The van der Waals surface area contributed by atoms with Crippen LogP contribution in [0, 0.1) is 5.92 Å². The van der Waals surface area contributed by atoms with E-state index in [4.69, 9.17) is 5.11 Å². The molecule has 1 rings (SSSR count). The quantitative estimate of drug-likeness (QED) is 0.725. The van der Waals surface area contributed by atoms with Gasteiger partial charge < -0.3 is 10.4 Å². The van der Waals surface area contributed by atoms with Gasteiger partial charge in [-0.05, 0) is 12.0 Å². The van der Waals surface area contributed by atoms with Crippen LogP contribution in [0.4, 0.5) is 0 Å². The molecule has 0 aliphatic carbocycles. The van der Waals surface area contributed by atoms with Crippen molar-refractivity contribution < 1.29 is 14.7 Å². The Morgan fingerprint density at radius 3 is 2.82 bits per heavy atom. The van der Waals surface area contributed by atoms with Crippen molar-refractivity contribution in [1.29, 1.82) is 0 Å². The predicted molar refractivity (Wildman–Crippen MR) is 61.3 cm³/mol. The first-order valence-corrected chi connectivity index (χ1v) is 5.54. The van der Waals surface area contributed by atoms with E-state index >= 15 is 0 Å². The minimum atomic E-state index is -0.873. The van der Waals surface area contributed by atoms with Crippen LogP contribution >= 0.6 is 0 Å². The number of carbonyl (C=O) groups is 2. The third-order valence-electron chi connectivity index (χ3n) is 2.28. The second-order valence-corrected chi connectivity index (χ2v) is 4.03. The Labute approximate surface area is 99.6 Å². The number of aromatic nitrogens is 2. The number of aliphatic carboxylic acids is 1. The van der Waals surface area contributed by atoms with Crippen LogP contribution in [-0.4, -0.2) is 33.3 Å². The van der Waals surface area contributed by atoms with Crippen molar-refractivity contribution in [1.82, 2.24) is 15.1 Å². The molecule has 0 radical (unpaired) electrons. The predicted octanol–water partition coefficient (Wildman–Crippen LogP) is 0.500. The summed E-state index contributed by atoms with van der Waals surface area (Å²) in [6.07, 6.45) is 3.76. The van der Waals surface area contributed by atoms with Crippen LogP contribution in [-0.2, 0) is 16.1 Å². The topological polar surface area (TPSA) is 84.2 Å². The molecule has 0 aromatic carbocycles. The molecule has 94 valence electrons. The zero-order valence-corrected chi connectivity index (χ0v) is 9.80. The van der Waals surface area contributed by atoms with Crippen LogP contribution in [0.5, 0.6) is 0 Å². The zero-order chi connectivity index (χ0) is 12.7. The smallest absolute Gasteiger partial charge is 0.303 e. The lowest BCUT2D eigenvalue weighted by atomic mass is 10.0. The first kappa shape index (κ1) is 13.2. The third-order valence-corrected chi connectivity index (χ3v) is 2.28. The molecule has 6 nitrogen and oxygen atoms in total. The van der Waals surface area contributed by atoms with Gasteiger partial charge in [0, 0.05) is 31.8 Å². The number of rotatable bonds is 7. The Kier molecular flexibility index (Phi) is 5.19. The molecule has 0 saturated carbocycles. The number of carboxylic acids is 1. The second kappa shape index (κ2) is 6.67. The third kappa shape index (κ3) is 5.70. The number of nitrogens with zero attached hydrogens (tertiary/aromatic N) is 2. The van der Waals surface area contributed by atoms with Gasteiger partial charge in [-0.15, -0.1) is 0 Å². The number of hydrogen-bond donors (Lipinski definition) is 2. The van der Waals surface area contributed by atoms with E-state index in [-0.39, 0.29) is 24.7 Å². The normalized spacial score (nSPS) is 12.1. The summed E-state index contributed by atoms with van der Waals surface area (Å²) in [6.45, 7) is 2.87. The Hall–Kier alpha value is -1.85. The molecule has 0 aliphatic heterocycles. The average Bonchev–Trinajstić information content (AvgIpc) is 2.68. The van der Waals surface area contributed by atoms with Crippen molar-refractivity contribution in [3.63, 3.8) is 0 Å². The highest BCUT2D eigenvalue weighted by Crippen LogP contribution is 2.06. The fraction of sp³-hybridized carbons (Fsp3) is 0.545. The fourth-order valence-corrected chi connectivity index (χ4v) is 1.50. The highest BCUT2D eigenvalue weighted by Gasteiger charge is 2.11. The summed E-state index contributed by atoms with van der Waals surface area (Å²) in [5.74, 6) is -1.13. The molecule has 1 amide bonds. The van der Waals surface area contributed by atoms with Crippen molar-refractivity contribution in [2.45, 2.75) is 26.3 Å². The van der Waals surface area contributed by atoms with Crippen molar-refractivity contribution in [3.05, 3.63) is 18.5 Å². The molecule has 1 atom stereocenters. The molecule has 1 unspecified atom stereocenters. The first-order chi connectivity index (χ1) is 8.08. The fourth-order valence-electron chi connectivity index (χ4n) is 1.50. The molecule has 2 N–H and O–H groups in total. The second-order valence-electron chi connectivity index (χ2n) is 4.03. The Morgan fingerprint density at radius 1 is 1.47 bits per heavy atom. The average molecular weight is 239 g/mol. The molecule has 17 heavy (non-hydrogen) atoms. The van der Waals surface area contributed by atoms with E-state index < -0.39 is 5.97 Å². The summed E-state index contributed by atoms with van der Waals surface area (Å²) in [5, 5.41) is 15.3. The van der Waals surface area contributed by atoms with Gasteiger partial charge in [-0.1, -0.05) is 6.92 Å². The van der Waals surface area contributed by atoms with E-state index in [0.29, 0.717) is 13.1 Å². The number of amides is 1. The Morgan fingerprint density at radius 2 is 2.24 bits per heavy atom. The molecule has 1 aromatic heterocycles. The summed E-state index contributed by atoms with van der Waals surface area (Å²) in [6, 6.07) is 1.82. The molecule has 6 heteroatoms. The van der Waals surface area contributed by atoms with Gasteiger partial charge in [0.05, 0.1) is 6.54 Å².